The smallest absolute Gasteiger partial charge is 0.138 e. The summed E-state index contributed by atoms with van der Waals surface area (Å²) in [6, 6.07) is 0.384. The van der Waals surface area contributed by atoms with Gasteiger partial charge in [-0.15, -0.1) is 0 Å². The van der Waals surface area contributed by atoms with Gasteiger partial charge in [0.15, 0.2) is 0 Å². The molecule has 1 unspecified atom stereocenters. The van der Waals surface area contributed by atoms with E-state index in [1.165, 1.54) is 0 Å². The van der Waals surface area contributed by atoms with Crippen LogP contribution in [-0.4, -0.2) is 27.1 Å². The van der Waals surface area contributed by atoms with Crippen molar-refractivity contribution >= 4 is 11.8 Å². The Morgan fingerprint density at radius 1 is 1.47 bits per heavy atom. The van der Waals surface area contributed by atoms with Gasteiger partial charge in [0.05, 0.1) is 5.75 Å². The van der Waals surface area contributed by atoms with Gasteiger partial charge >= 0.3 is 0 Å². The summed E-state index contributed by atoms with van der Waals surface area (Å²) in [6.45, 7) is 7.15. The normalized spacial score (nSPS) is 13.4. The highest BCUT2D eigenvalue weighted by Crippen LogP contribution is 2.15. The molecule has 0 aliphatic heterocycles. The second-order valence-electron chi connectivity index (χ2n) is 4.07. The number of hydrogen-bond donors (Lipinski definition) is 1. The molecule has 5 heteroatoms. The van der Waals surface area contributed by atoms with Crippen molar-refractivity contribution in [3.8, 4) is 0 Å². The van der Waals surface area contributed by atoms with Crippen LogP contribution in [0.25, 0.3) is 0 Å². The molecule has 0 amide bonds. The maximum Gasteiger partial charge on any atom is 0.138 e. The Balaban J connectivity index is 2.40. The van der Waals surface area contributed by atoms with Gasteiger partial charge in [0, 0.05) is 6.04 Å². The molecule has 0 spiro atoms. The van der Waals surface area contributed by atoms with E-state index in [1.807, 2.05) is 16.4 Å². The first-order valence-electron chi connectivity index (χ1n) is 5.31. The third-order valence-electron chi connectivity index (χ3n) is 2.17. The quantitative estimate of drug-likeness (QED) is 0.805. The van der Waals surface area contributed by atoms with Crippen LogP contribution in [0.15, 0.2) is 6.33 Å². The molecule has 0 fully saturated rings. The van der Waals surface area contributed by atoms with Crippen LogP contribution in [0, 0.1) is 5.92 Å². The highest BCUT2D eigenvalue weighted by molar-refractivity contribution is 7.98. The van der Waals surface area contributed by atoms with Crippen LogP contribution < -0.4 is 5.73 Å². The van der Waals surface area contributed by atoms with Gasteiger partial charge in [-0.3, -0.25) is 0 Å². The third kappa shape index (κ3) is 3.83. The molecule has 0 aliphatic rings. The second kappa shape index (κ2) is 6.12. The molecule has 15 heavy (non-hydrogen) atoms. The van der Waals surface area contributed by atoms with E-state index >= 15 is 0 Å². The third-order valence-corrected chi connectivity index (χ3v) is 3.44. The van der Waals surface area contributed by atoms with E-state index in [1.54, 1.807) is 6.33 Å². The molecular weight excluding hydrogens is 208 g/mol. The lowest BCUT2D eigenvalue weighted by molar-refractivity contribution is 0.514. The van der Waals surface area contributed by atoms with Gasteiger partial charge in [0.2, 0.25) is 0 Å². The summed E-state index contributed by atoms with van der Waals surface area (Å²) in [4.78, 5) is 4.26. The van der Waals surface area contributed by atoms with E-state index in [9.17, 15) is 0 Å². The molecule has 1 aromatic rings. The van der Waals surface area contributed by atoms with Gasteiger partial charge < -0.3 is 5.73 Å². The molecule has 1 rings (SSSR count). The highest BCUT2D eigenvalue weighted by atomic mass is 32.2. The monoisotopic (exact) mass is 228 g/mol. The van der Waals surface area contributed by atoms with Gasteiger partial charge in [-0.25, -0.2) is 9.67 Å². The van der Waals surface area contributed by atoms with Crippen LogP contribution in [-0.2, 0) is 5.75 Å². The number of nitrogens with zero attached hydrogens (tertiary/aromatic N) is 3. The minimum absolute atomic E-state index is 0.384. The van der Waals surface area contributed by atoms with Gasteiger partial charge in [0.1, 0.15) is 12.2 Å². The lowest BCUT2D eigenvalue weighted by atomic mass is 10.2. The molecule has 1 aromatic heterocycles. The zero-order valence-electron chi connectivity index (χ0n) is 9.68. The minimum Gasteiger partial charge on any atom is -0.330 e. The van der Waals surface area contributed by atoms with E-state index in [2.05, 4.69) is 30.9 Å². The van der Waals surface area contributed by atoms with Gasteiger partial charge in [-0.2, -0.15) is 16.9 Å². The predicted molar refractivity (Wildman–Crippen MR) is 64.8 cm³/mol. The summed E-state index contributed by atoms with van der Waals surface area (Å²) in [6.07, 6.45) is 1.63. The van der Waals surface area contributed by atoms with Crippen molar-refractivity contribution in [2.75, 3.05) is 12.3 Å². The Hall–Kier alpha value is -0.550. The van der Waals surface area contributed by atoms with Gasteiger partial charge in [-0.05, 0) is 32.1 Å². The highest BCUT2D eigenvalue weighted by Gasteiger charge is 2.08. The molecule has 1 heterocycles. The van der Waals surface area contributed by atoms with E-state index < -0.39 is 0 Å². The summed E-state index contributed by atoms with van der Waals surface area (Å²) in [5, 5.41) is 4.20. The number of hydrogen-bond acceptors (Lipinski definition) is 4. The Morgan fingerprint density at radius 2 is 2.20 bits per heavy atom. The van der Waals surface area contributed by atoms with Crippen LogP contribution in [0.5, 0.6) is 0 Å². The van der Waals surface area contributed by atoms with Crippen LogP contribution in [0.2, 0.25) is 0 Å². The van der Waals surface area contributed by atoms with E-state index in [4.69, 9.17) is 5.73 Å². The zero-order valence-corrected chi connectivity index (χ0v) is 10.5. The number of rotatable bonds is 6. The first-order chi connectivity index (χ1) is 7.15. The van der Waals surface area contributed by atoms with Crippen LogP contribution in [0.4, 0.5) is 0 Å². The predicted octanol–water partition coefficient (Wildman–Crippen LogP) is 1.69. The molecule has 0 aromatic carbocycles. The average molecular weight is 228 g/mol. The largest absolute Gasteiger partial charge is 0.330 e. The van der Waals surface area contributed by atoms with Crippen molar-refractivity contribution in [1.82, 2.24) is 14.8 Å². The summed E-state index contributed by atoms with van der Waals surface area (Å²) in [7, 11) is 0. The van der Waals surface area contributed by atoms with Crippen molar-refractivity contribution in [2.24, 2.45) is 11.7 Å². The Bertz CT molecular complexity index is 285. The zero-order chi connectivity index (χ0) is 11.3. The minimum atomic E-state index is 0.384. The fraction of sp³-hybridized carbons (Fsp3) is 0.800. The van der Waals surface area contributed by atoms with Crippen molar-refractivity contribution in [3.05, 3.63) is 12.2 Å². The maximum absolute atomic E-state index is 5.56. The Kier molecular flexibility index (Phi) is 5.11. The number of aromatic nitrogens is 3. The lowest BCUT2D eigenvalue weighted by Crippen LogP contribution is -2.13. The number of thioether (sulfide) groups is 1. The van der Waals surface area contributed by atoms with Gasteiger partial charge in [0.25, 0.3) is 0 Å². The fourth-order valence-corrected chi connectivity index (χ4v) is 2.27. The van der Waals surface area contributed by atoms with Crippen LogP contribution in [0.1, 0.15) is 32.6 Å². The standard InChI is InChI=1S/C10H20N4S/c1-8(2)14-10(12-7-13-14)6-15-5-9(3)4-11/h7-9H,4-6,11H2,1-3H3. The molecule has 0 radical (unpaired) electrons. The fourth-order valence-electron chi connectivity index (χ4n) is 1.23. The molecule has 2 N–H and O–H groups in total. The van der Waals surface area contributed by atoms with E-state index in [-0.39, 0.29) is 0 Å². The molecular formula is C10H20N4S. The van der Waals surface area contributed by atoms with Crippen molar-refractivity contribution in [1.29, 1.82) is 0 Å². The van der Waals surface area contributed by atoms with E-state index in [0.717, 1.165) is 23.9 Å². The molecule has 4 nitrogen and oxygen atoms in total. The molecule has 0 bridgehead atoms. The topological polar surface area (TPSA) is 56.7 Å². The summed E-state index contributed by atoms with van der Waals surface area (Å²) < 4.78 is 1.97. The molecule has 1 atom stereocenters. The van der Waals surface area contributed by atoms with Crippen molar-refractivity contribution < 1.29 is 0 Å². The van der Waals surface area contributed by atoms with Crippen LogP contribution >= 0.6 is 11.8 Å². The van der Waals surface area contributed by atoms with Crippen LogP contribution in [0.3, 0.4) is 0 Å². The Labute approximate surface area is 95.6 Å². The SMILES string of the molecule is CC(CN)CSCc1ncnn1C(C)C. The maximum atomic E-state index is 5.56. The second-order valence-corrected chi connectivity index (χ2v) is 5.10. The molecule has 0 saturated carbocycles. The molecule has 0 aliphatic carbocycles. The Morgan fingerprint density at radius 3 is 2.80 bits per heavy atom. The lowest BCUT2D eigenvalue weighted by Gasteiger charge is -2.10. The summed E-state index contributed by atoms with van der Waals surface area (Å²) >= 11 is 1.87. The average Bonchev–Trinajstić information content (AvgIpc) is 2.65. The molecule has 0 saturated heterocycles. The van der Waals surface area contributed by atoms with Gasteiger partial charge in [-0.1, -0.05) is 6.92 Å². The first kappa shape index (κ1) is 12.5. The summed E-state index contributed by atoms with van der Waals surface area (Å²) in [5.74, 6) is 3.63. The van der Waals surface area contributed by atoms with E-state index in [0.29, 0.717) is 12.0 Å². The molecule has 86 valence electrons. The van der Waals surface area contributed by atoms with Crippen molar-refractivity contribution in [2.45, 2.75) is 32.6 Å². The number of nitrogens with two attached hydrogens (primary N) is 1. The first-order valence-corrected chi connectivity index (χ1v) is 6.46. The summed E-state index contributed by atoms with van der Waals surface area (Å²) in [5.41, 5.74) is 5.56. The van der Waals surface area contributed by atoms with Crippen molar-refractivity contribution in [3.63, 3.8) is 0 Å².